The zero-order chi connectivity index (χ0) is 33.1. The molecule has 1 spiro atoms. The van der Waals surface area contributed by atoms with Gasteiger partial charge in [-0.1, -0.05) is 119 Å². The third-order valence-corrected chi connectivity index (χ3v) is 14.1. The van der Waals surface area contributed by atoms with Gasteiger partial charge in [0.25, 0.3) is 0 Å². The lowest BCUT2D eigenvalue weighted by Gasteiger charge is -2.61. The Morgan fingerprint density at radius 1 is 0.490 bits per heavy atom. The molecule has 1 heteroatoms. The van der Waals surface area contributed by atoms with Crippen LogP contribution in [0.2, 0.25) is 0 Å². The number of nitrogens with zero attached hydrogens (tertiary/aromatic N) is 1. The van der Waals surface area contributed by atoms with E-state index in [0.717, 1.165) is 23.7 Å². The molecule has 1 nitrogen and oxygen atoms in total. The van der Waals surface area contributed by atoms with Crippen molar-refractivity contribution in [1.82, 2.24) is 0 Å². The van der Waals surface area contributed by atoms with Crippen molar-refractivity contribution in [3.05, 3.63) is 138 Å². The van der Waals surface area contributed by atoms with Crippen molar-refractivity contribution in [3.63, 3.8) is 0 Å². The minimum atomic E-state index is 0.0665. The standard InChI is InChI=1S/C48H49N/c1-46(2)23-24-47(3,4)45-41(46)18-12-20-44(45)49(43-19-11-9-15-37(43)33-13-6-5-7-14-33)36-21-22-39-38-16-8-10-17-40(38)48(42(39)30-36)34-26-31-25-32(28-34)29-35(48)27-31/h5-22,30-32,34-35H,23-29H2,1-4H3. The molecule has 0 heterocycles. The van der Waals surface area contributed by atoms with Crippen LogP contribution < -0.4 is 4.90 Å². The highest BCUT2D eigenvalue weighted by molar-refractivity contribution is 5.92. The molecule has 6 aliphatic rings. The van der Waals surface area contributed by atoms with E-state index < -0.39 is 0 Å². The summed E-state index contributed by atoms with van der Waals surface area (Å²) in [4.78, 5) is 2.66. The number of anilines is 3. The first-order valence-electron chi connectivity index (χ1n) is 19.1. The van der Waals surface area contributed by atoms with Crippen LogP contribution in [0.25, 0.3) is 22.3 Å². The van der Waals surface area contributed by atoms with Crippen LogP contribution in [-0.4, -0.2) is 0 Å². The molecule has 0 amide bonds. The van der Waals surface area contributed by atoms with Gasteiger partial charge in [-0.2, -0.15) is 0 Å². The van der Waals surface area contributed by atoms with Crippen LogP contribution in [0.1, 0.15) is 94.9 Å². The zero-order valence-electron chi connectivity index (χ0n) is 29.7. The second-order valence-corrected chi connectivity index (χ2v) is 17.6. The van der Waals surface area contributed by atoms with E-state index in [2.05, 4.69) is 148 Å². The molecule has 4 bridgehead atoms. The lowest BCUT2D eigenvalue weighted by Crippen LogP contribution is -2.55. The summed E-state index contributed by atoms with van der Waals surface area (Å²) in [7, 11) is 0. The third kappa shape index (κ3) is 4.17. The fraction of sp³-hybridized carbons (Fsp3) is 0.375. The van der Waals surface area contributed by atoms with E-state index in [0.29, 0.717) is 0 Å². The van der Waals surface area contributed by atoms with Gasteiger partial charge in [-0.15, -0.1) is 0 Å². The van der Waals surface area contributed by atoms with E-state index in [-0.39, 0.29) is 16.2 Å². The van der Waals surface area contributed by atoms with Gasteiger partial charge in [-0.25, -0.2) is 0 Å². The number of fused-ring (bicyclic) bond motifs is 4. The molecule has 4 fully saturated rings. The van der Waals surface area contributed by atoms with Crippen molar-refractivity contribution in [2.75, 3.05) is 4.90 Å². The average molecular weight is 640 g/mol. The van der Waals surface area contributed by atoms with Crippen molar-refractivity contribution < 1.29 is 0 Å². The fourth-order valence-electron chi connectivity index (χ4n) is 12.1. The third-order valence-electron chi connectivity index (χ3n) is 14.1. The normalized spacial score (nSPS) is 27.8. The number of hydrogen-bond acceptors (Lipinski definition) is 1. The van der Waals surface area contributed by atoms with Gasteiger partial charge in [0.05, 0.1) is 11.4 Å². The van der Waals surface area contributed by atoms with E-state index in [1.165, 1.54) is 95.4 Å². The number of para-hydroxylation sites is 1. The molecule has 5 aromatic carbocycles. The van der Waals surface area contributed by atoms with Crippen molar-refractivity contribution >= 4 is 17.1 Å². The highest BCUT2D eigenvalue weighted by atomic mass is 15.1. The topological polar surface area (TPSA) is 3.24 Å². The largest absolute Gasteiger partial charge is 0.310 e. The molecule has 0 unspecified atom stereocenters. The Balaban J connectivity index is 1.25. The van der Waals surface area contributed by atoms with Crippen LogP contribution in [0.15, 0.2) is 115 Å². The molecule has 11 rings (SSSR count). The van der Waals surface area contributed by atoms with Crippen LogP contribution in [0, 0.1) is 23.7 Å². The number of benzene rings is 5. The molecule has 6 aliphatic carbocycles. The maximum Gasteiger partial charge on any atom is 0.0540 e. The second kappa shape index (κ2) is 10.5. The Morgan fingerprint density at radius 2 is 1.08 bits per heavy atom. The summed E-state index contributed by atoms with van der Waals surface area (Å²) in [6.07, 6.45) is 9.49. The highest BCUT2D eigenvalue weighted by Gasteiger charge is 2.61. The molecule has 246 valence electrons. The average Bonchev–Trinajstić information content (AvgIpc) is 3.40. The predicted octanol–water partition coefficient (Wildman–Crippen LogP) is 12.9. The molecule has 0 saturated heterocycles. The second-order valence-electron chi connectivity index (χ2n) is 17.6. The molecule has 5 aromatic rings. The van der Waals surface area contributed by atoms with Gasteiger partial charge in [0.15, 0.2) is 0 Å². The van der Waals surface area contributed by atoms with Crippen molar-refractivity contribution in [1.29, 1.82) is 0 Å². The smallest absolute Gasteiger partial charge is 0.0540 e. The summed E-state index contributed by atoms with van der Waals surface area (Å²) >= 11 is 0. The molecular weight excluding hydrogens is 591 g/mol. The van der Waals surface area contributed by atoms with Gasteiger partial charge >= 0.3 is 0 Å². The van der Waals surface area contributed by atoms with Crippen molar-refractivity contribution in [2.45, 2.75) is 88.9 Å². The first kappa shape index (κ1) is 29.8. The van der Waals surface area contributed by atoms with E-state index in [4.69, 9.17) is 0 Å². The summed E-state index contributed by atoms with van der Waals surface area (Å²) in [5.41, 5.74) is 16.0. The summed E-state index contributed by atoms with van der Waals surface area (Å²) in [6.45, 7) is 9.87. The summed E-state index contributed by atoms with van der Waals surface area (Å²) in [6, 6.07) is 44.5. The van der Waals surface area contributed by atoms with Gasteiger partial charge in [-0.3, -0.25) is 0 Å². The lowest BCUT2D eigenvalue weighted by atomic mass is 9.43. The Morgan fingerprint density at radius 3 is 1.84 bits per heavy atom. The zero-order valence-corrected chi connectivity index (χ0v) is 29.7. The predicted molar refractivity (Wildman–Crippen MR) is 205 cm³/mol. The number of hydrogen-bond donors (Lipinski definition) is 0. The monoisotopic (exact) mass is 639 g/mol. The highest BCUT2D eigenvalue weighted by Crippen LogP contribution is 2.69. The summed E-state index contributed by atoms with van der Waals surface area (Å²) in [5.74, 6) is 3.36. The van der Waals surface area contributed by atoms with Gasteiger partial charge in [0, 0.05) is 16.7 Å². The Bertz CT molecular complexity index is 2070. The first-order valence-corrected chi connectivity index (χ1v) is 19.1. The molecule has 4 saturated carbocycles. The fourth-order valence-corrected chi connectivity index (χ4v) is 12.1. The van der Waals surface area contributed by atoms with E-state index >= 15 is 0 Å². The SMILES string of the molecule is CC1(C)CCC(C)(C)c2c(N(c3ccc4c(c3)C3(c5ccccc5-4)C4CC5CC(C4)CC3C5)c3ccccc3-c3ccccc3)cccc21. The molecular formula is C48H49N. The van der Waals surface area contributed by atoms with Crippen molar-refractivity contribution in [2.24, 2.45) is 23.7 Å². The van der Waals surface area contributed by atoms with Gasteiger partial charge < -0.3 is 4.90 Å². The molecule has 0 aliphatic heterocycles. The summed E-state index contributed by atoms with van der Waals surface area (Å²) < 4.78 is 0. The lowest BCUT2D eigenvalue weighted by molar-refractivity contribution is -0.0399. The van der Waals surface area contributed by atoms with Crippen LogP contribution in [0.4, 0.5) is 17.1 Å². The minimum Gasteiger partial charge on any atom is -0.310 e. The van der Waals surface area contributed by atoms with Gasteiger partial charge in [0.1, 0.15) is 0 Å². The van der Waals surface area contributed by atoms with Crippen molar-refractivity contribution in [3.8, 4) is 22.3 Å². The molecule has 0 atom stereocenters. The van der Waals surface area contributed by atoms with E-state index in [1.807, 2.05) is 0 Å². The maximum atomic E-state index is 2.68. The molecule has 49 heavy (non-hydrogen) atoms. The maximum absolute atomic E-state index is 2.68. The Hall–Kier alpha value is -4.10. The van der Waals surface area contributed by atoms with Crippen LogP contribution in [0.3, 0.4) is 0 Å². The van der Waals surface area contributed by atoms with Gasteiger partial charge in [0.2, 0.25) is 0 Å². The Labute approximate surface area is 293 Å². The summed E-state index contributed by atoms with van der Waals surface area (Å²) in [5, 5.41) is 0. The van der Waals surface area contributed by atoms with Crippen LogP contribution in [0.5, 0.6) is 0 Å². The van der Waals surface area contributed by atoms with Crippen LogP contribution >= 0.6 is 0 Å². The van der Waals surface area contributed by atoms with Crippen LogP contribution in [-0.2, 0) is 16.2 Å². The molecule has 0 N–H and O–H groups in total. The minimum absolute atomic E-state index is 0.0665. The quantitative estimate of drug-likeness (QED) is 0.189. The molecule has 0 aromatic heterocycles. The molecule has 0 radical (unpaired) electrons. The van der Waals surface area contributed by atoms with Gasteiger partial charge in [-0.05, 0) is 143 Å². The van der Waals surface area contributed by atoms with E-state index in [1.54, 1.807) is 11.1 Å². The Kier molecular flexibility index (Phi) is 6.36. The van der Waals surface area contributed by atoms with E-state index in [9.17, 15) is 0 Å². The first-order chi connectivity index (χ1) is 23.8. The number of rotatable bonds is 4.